The number of sulfonamides is 1. The van der Waals surface area contributed by atoms with Crippen molar-refractivity contribution < 1.29 is 18.0 Å². The fourth-order valence-electron chi connectivity index (χ4n) is 3.62. The summed E-state index contributed by atoms with van der Waals surface area (Å²) in [6.07, 6.45) is 0. The highest BCUT2D eigenvalue weighted by Crippen LogP contribution is 2.21. The zero-order valence-electron chi connectivity index (χ0n) is 19.3. The number of hydrogen-bond acceptors (Lipinski definition) is 4. The smallest absolute Gasteiger partial charge is 0.251 e. The van der Waals surface area contributed by atoms with Gasteiger partial charge in [-0.2, -0.15) is 4.31 Å². The molecule has 0 aromatic heterocycles. The van der Waals surface area contributed by atoms with Gasteiger partial charge in [0.2, 0.25) is 15.9 Å². The molecule has 0 saturated heterocycles. The lowest BCUT2D eigenvalue weighted by Crippen LogP contribution is -2.39. The highest BCUT2D eigenvalue weighted by molar-refractivity contribution is 7.89. The molecule has 8 heteroatoms. The van der Waals surface area contributed by atoms with E-state index in [4.69, 9.17) is 0 Å². The van der Waals surface area contributed by atoms with E-state index in [1.165, 1.54) is 28.6 Å². The molecule has 0 aliphatic rings. The van der Waals surface area contributed by atoms with Crippen LogP contribution in [0.5, 0.6) is 0 Å². The fraction of sp³-hybridized carbons (Fsp3) is 0.231. The third-order valence-electron chi connectivity index (χ3n) is 5.44. The maximum Gasteiger partial charge on any atom is 0.251 e. The van der Waals surface area contributed by atoms with E-state index in [0.29, 0.717) is 13.1 Å². The normalized spacial score (nSPS) is 11.4. The number of amides is 2. The van der Waals surface area contributed by atoms with Crippen LogP contribution in [0.4, 0.5) is 0 Å². The van der Waals surface area contributed by atoms with Crippen LogP contribution in [0.25, 0.3) is 0 Å². The van der Waals surface area contributed by atoms with Crippen LogP contribution in [-0.4, -0.2) is 44.2 Å². The van der Waals surface area contributed by atoms with Gasteiger partial charge in [0.05, 0.1) is 17.5 Å². The molecule has 0 aliphatic carbocycles. The van der Waals surface area contributed by atoms with E-state index in [1.807, 2.05) is 60.7 Å². The summed E-state index contributed by atoms with van der Waals surface area (Å²) < 4.78 is 26.5. The van der Waals surface area contributed by atoms with Crippen LogP contribution in [-0.2, 0) is 14.8 Å². The summed E-state index contributed by atoms with van der Waals surface area (Å²) in [6.45, 7) is 4.06. The van der Waals surface area contributed by atoms with E-state index >= 15 is 0 Å². The third-order valence-corrected chi connectivity index (χ3v) is 7.50. The van der Waals surface area contributed by atoms with Crippen LogP contribution in [0.1, 0.15) is 41.4 Å². The molecule has 0 radical (unpaired) electrons. The molecule has 178 valence electrons. The lowest BCUT2D eigenvalue weighted by molar-refractivity contribution is -0.120. The Labute approximate surface area is 200 Å². The highest BCUT2D eigenvalue weighted by atomic mass is 32.2. The molecule has 3 aromatic rings. The van der Waals surface area contributed by atoms with Crippen molar-refractivity contribution in [3.8, 4) is 0 Å². The van der Waals surface area contributed by atoms with Crippen LogP contribution >= 0.6 is 0 Å². The van der Waals surface area contributed by atoms with Crippen molar-refractivity contribution in [1.29, 1.82) is 0 Å². The van der Waals surface area contributed by atoms with Crippen LogP contribution in [0.15, 0.2) is 89.8 Å². The first kappa shape index (κ1) is 25.1. The van der Waals surface area contributed by atoms with Crippen molar-refractivity contribution in [3.05, 3.63) is 102 Å². The molecule has 7 nitrogen and oxygen atoms in total. The van der Waals surface area contributed by atoms with Gasteiger partial charge in [0.1, 0.15) is 0 Å². The van der Waals surface area contributed by atoms with Crippen molar-refractivity contribution in [2.75, 3.05) is 19.6 Å². The number of rotatable bonds is 10. The van der Waals surface area contributed by atoms with Crippen molar-refractivity contribution in [2.24, 2.45) is 0 Å². The molecule has 34 heavy (non-hydrogen) atoms. The summed E-state index contributed by atoms with van der Waals surface area (Å²) in [4.78, 5) is 25.3. The first-order valence-electron chi connectivity index (χ1n) is 11.1. The van der Waals surface area contributed by atoms with Gasteiger partial charge in [0, 0.05) is 18.7 Å². The van der Waals surface area contributed by atoms with Crippen LogP contribution in [0, 0.1) is 0 Å². The molecule has 0 atom stereocenters. The minimum Gasteiger partial charge on any atom is -0.344 e. The molecular weight excluding hydrogens is 450 g/mol. The largest absolute Gasteiger partial charge is 0.344 e. The number of hydrogen-bond donors (Lipinski definition) is 2. The Hall–Kier alpha value is -3.49. The van der Waals surface area contributed by atoms with E-state index < -0.39 is 15.9 Å². The molecule has 2 N–H and O–H groups in total. The van der Waals surface area contributed by atoms with Crippen molar-refractivity contribution in [2.45, 2.75) is 24.8 Å². The third kappa shape index (κ3) is 6.09. The predicted molar refractivity (Wildman–Crippen MR) is 132 cm³/mol. The van der Waals surface area contributed by atoms with E-state index in [9.17, 15) is 18.0 Å². The monoisotopic (exact) mass is 479 g/mol. The molecule has 3 aromatic carbocycles. The first-order chi connectivity index (χ1) is 16.4. The standard InChI is InChI=1S/C26H29N3O4S/c1-3-29(4-2)34(32,33)23-17-15-22(16-18-23)26(31)27-19-24(30)28-25(20-11-7-5-8-12-20)21-13-9-6-10-14-21/h5-18,25H,3-4,19H2,1-2H3,(H,27,31)(H,28,30). The van der Waals surface area contributed by atoms with E-state index in [-0.39, 0.29) is 29.0 Å². The summed E-state index contributed by atoms with van der Waals surface area (Å²) in [5.74, 6) is -0.801. The molecule has 0 bridgehead atoms. The Morgan fingerprint density at radius 2 is 1.29 bits per heavy atom. The number of nitrogens with one attached hydrogen (secondary N) is 2. The Morgan fingerprint density at radius 1 is 0.794 bits per heavy atom. The van der Waals surface area contributed by atoms with Crippen molar-refractivity contribution in [1.82, 2.24) is 14.9 Å². The van der Waals surface area contributed by atoms with Gasteiger partial charge in [-0.1, -0.05) is 74.5 Å². The molecule has 0 unspecified atom stereocenters. The second kappa shape index (κ2) is 11.6. The average Bonchev–Trinajstić information content (AvgIpc) is 2.87. The lowest BCUT2D eigenvalue weighted by Gasteiger charge is -2.20. The quantitative estimate of drug-likeness (QED) is 0.466. The average molecular weight is 480 g/mol. The number of benzene rings is 3. The second-order valence-electron chi connectivity index (χ2n) is 7.62. The highest BCUT2D eigenvalue weighted by Gasteiger charge is 2.22. The molecule has 0 saturated carbocycles. The van der Waals surface area contributed by atoms with Crippen molar-refractivity contribution in [3.63, 3.8) is 0 Å². The number of nitrogens with zero attached hydrogens (tertiary/aromatic N) is 1. The molecular formula is C26H29N3O4S. The topological polar surface area (TPSA) is 95.6 Å². The van der Waals surface area contributed by atoms with Gasteiger partial charge in [-0.25, -0.2) is 8.42 Å². The number of carbonyl (C=O) groups is 2. The van der Waals surface area contributed by atoms with Gasteiger partial charge in [-0.3, -0.25) is 9.59 Å². The Balaban J connectivity index is 1.64. The lowest BCUT2D eigenvalue weighted by atomic mass is 9.99. The Kier molecular flexibility index (Phi) is 8.56. The van der Waals surface area contributed by atoms with Gasteiger partial charge in [0.15, 0.2) is 0 Å². The molecule has 0 aliphatic heterocycles. The van der Waals surface area contributed by atoms with Gasteiger partial charge in [-0.15, -0.1) is 0 Å². The van der Waals surface area contributed by atoms with Crippen LogP contribution < -0.4 is 10.6 Å². The van der Waals surface area contributed by atoms with Gasteiger partial charge >= 0.3 is 0 Å². The summed E-state index contributed by atoms with van der Waals surface area (Å²) in [5, 5.41) is 5.57. The van der Waals surface area contributed by atoms with E-state index in [1.54, 1.807) is 13.8 Å². The van der Waals surface area contributed by atoms with Crippen LogP contribution in [0.3, 0.4) is 0 Å². The van der Waals surface area contributed by atoms with Gasteiger partial charge in [0.25, 0.3) is 5.91 Å². The maximum absolute atomic E-state index is 12.7. The Bertz CT molecular complexity index is 1150. The maximum atomic E-state index is 12.7. The molecule has 0 heterocycles. The second-order valence-corrected chi connectivity index (χ2v) is 9.56. The number of carbonyl (C=O) groups excluding carboxylic acids is 2. The summed E-state index contributed by atoms with van der Waals surface area (Å²) in [5.41, 5.74) is 2.13. The van der Waals surface area contributed by atoms with E-state index in [2.05, 4.69) is 10.6 Å². The first-order valence-corrected chi connectivity index (χ1v) is 12.6. The zero-order chi connectivity index (χ0) is 24.6. The summed E-state index contributed by atoms with van der Waals surface area (Å²) in [6, 6.07) is 24.5. The van der Waals surface area contributed by atoms with Gasteiger partial charge < -0.3 is 10.6 Å². The van der Waals surface area contributed by atoms with Gasteiger partial charge in [-0.05, 0) is 35.4 Å². The summed E-state index contributed by atoms with van der Waals surface area (Å²) in [7, 11) is -3.60. The fourth-order valence-corrected chi connectivity index (χ4v) is 5.07. The SMILES string of the molecule is CCN(CC)S(=O)(=O)c1ccc(C(=O)NCC(=O)NC(c2ccccc2)c2ccccc2)cc1. The molecule has 2 amide bonds. The molecule has 3 rings (SSSR count). The predicted octanol–water partition coefficient (Wildman–Crippen LogP) is 3.35. The minimum absolute atomic E-state index is 0.124. The molecule has 0 fully saturated rings. The van der Waals surface area contributed by atoms with Crippen molar-refractivity contribution >= 4 is 21.8 Å². The minimum atomic E-state index is -3.60. The van der Waals surface area contributed by atoms with E-state index in [0.717, 1.165) is 11.1 Å². The summed E-state index contributed by atoms with van der Waals surface area (Å²) >= 11 is 0. The zero-order valence-corrected chi connectivity index (χ0v) is 20.1. The van der Waals surface area contributed by atoms with Crippen LogP contribution in [0.2, 0.25) is 0 Å². The molecule has 0 spiro atoms. The Morgan fingerprint density at radius 3 is 1.76 bits per heavy atom.